The summed E-state index contributed by atoms with van der Waals surface area (Å²) in [5, 5.41) is 12.6. The molecule has 3 aromatic rings. The number of halogens is 2. The number of anilines is 2. The first-order valence-corrected chi connectivity index (χ1v) is 12.7. The molecule has 1 aromatic heterocycles. The summed E-state index contributed by atoms with van der Waals surface area (Å²) in [6.45, 7) is 3.50. The fourth-order valence-corrected chi connectivity index (χ4v) is 5.33. The topological polar surface area (TPSA) is 92.3 Å². The van der Waals surface area contributed by atoms with Crippen molar-refractivity contribution < 1.29 is 13.2 Å². The molecule has 1 N–H and O–H groups in total. The molecular weight excluding hydrogens is 479 g/mol. The summed E-state index contributed by atoms with van der Waals surface area (Å²) in [6, 6.07) is 11.0. The van der Waals surface area contributed by atoms with E-state index in [-0.39, 0.29) is 11.6 Å². The van der Waals surface area contributed by atoms with Crippen LogP contribution in [-0.4, -0.2) is 36.8 Å². The Bertz CT molecular complexity index is 1200. The van der Waals surface area contributed by atoms with Crippen molar-refractivity contribution in [1.29, 1.82) is 0 Å². The van der Waals surface area contributed by atoms with Gasteiger partial charge < -0.3 is 0 Å². The van der Waals surface area contributed by atoms with Crippen molar-refractivity contribution in [2.75, 3.05) is 15.9 Å². The predicted octanol–water partition coefficient (Wildman–Crippen LogP) is 5.00. The lowest BCUT2D eigenvalue weighted by molar-refractivity contribution is -0.117. The Morgan fingerprint density at radius 2 is 1.77 bits per heavy atom. The third kappa shape index (κ3) is 5.54. The normalized spacial score (nSPS) is 12.4. The van der Waals surface area contributed by atoms with Crippen molar-refractivity contribution in [2.45, 2.75) is 26.3 Å². The maximum Gasteiger partial charge on any atom is 0.250 e. The van der Waals surface area contributed by atoms with Crippen LogP contribution >= 0.6 is 34.5 Å². The minimum absolute atomic E-state index is 0.244. The van der Waals surface area contributed by atoms with Crippen LogP contribution in [0.2, 0.25) is 10.0 Å². The highest BCUT2D eigenvalue weighted by Crippen LogP contribution is 2.31. The largest absolute Gasteiger partial charge is 0.299 e. The summed E-state index contributed by atoms with van der Waals surface area (Å²) in [4.78, 5) is 13.1. The lowest BCUT2D eigenvalue weighted by Gasteiger charge is -2.31. The lowest BCUT2D eigenvalue weighted by atomic mass is 10.1. The molecule has 2 aromatic carbocycles. The molecule has 164 valence electrons. The molecular formula is C20H20Cl2N4O3S2. The third-order valence-electron chi connectivity index (χ3n) is 4.48. The Labute approximate surface area is 195 Å². The fourth-order valence-electron chi connectivity index (χ4n) is 3.03. The number of aryl methyl sites for hydroxylation is 1. The maximum absolute atomic E-state index is 13.1. The molecule has 3 rings (SSSR count). The van der Waals surface area contributed by atoms with Crippen molar-refractivity contribution >= 4 is 61.3 Å². The zero-order valence-electron chi connectivity index (χ0n) is 17.0. The van der Waals surface area contributed by atoms with E-state index in [1.54, 1.807) is 50.2 Å². The minimum Gasteiger partial charge on any atom is -0.299 e. The Morgan fingerprint density at radius 1 is 1.13 bits per heavy atom. The molecule has 0 saturated heterocycles. The van der Waals surface area contributed by atoms with Gasteiger partial charge in [0.1, 0.15) is 11.0 Å². The Hall–Kier alpha value is -2.20. The van der Waals surface area contributed by atoms with E-state index < -0.39 is 22.0 Å². The predicted molar refractivity (Wildman–Crippen MR) is 127 cm³/mol. The van der Waals surface area contributed by atoms with Gasteiger partial charge in [-0.25, -0.2) is 8.42 Å². The Morgan fingerprint density at radius 3 is 2.39 bits per heavy atom. The number of carbonyl (C=O) groups excluding carboxylic acids is 1. The van der Waals surface area contributed by atoms with Crippen LogP contribution in [-0.2, 0) is 14.8 Å². The van der Waals surface area contributed by atoms with Crippen LogP contribution in [0.4, 0.5) is 10.8 Å². The van der Waals surface area contributed by atoms with Gasteiger partial charge in [0.25, 0.3) is 0 Å². The van der Waals surface area contributed by atoms with Gasteiger partial charge in [-0.2, -0.15) is 0 Å². The second-order valence-electron chi connectivity index (χ2n) is 6.82. The average Bonchev–Trinajstić information content (AvgIpc) is 3.16. The number of nitrogens with one attached hydrogen (secondary N) is 1. The molecule has 7 nitrogen and oxygen atoms in total. The molecule has 0 spiro atoms. The highest BCUT2D eigenvalue weighted by Gasteiger charge is 2.33. The summed E-state index contributed by atoms with van der Waals surface area (Å²) in [5.41, 5.74) is 1.85. The van der Waals surface area contributed by atoms with E-state index in [1.807, 2.05) is 0 Å². The third-order valence-corrected chi connectivity index (χ3v) is 7.03. The first kappa shape index (κ1) is 23.5. The molecule has 0 aliphatic heterocycles. The summed E-state index contributed by atoms with van der Waals surface area (Å²) < 4.78 is 26.4. The van der Waals surface area contributed by atoms with Crippen LogP contribution in [0.25, 0.3) is 10.6 Å². The number of hydrogen-bond donors (Lipinski definition) is 1. The molecule has 11 heteroatoms. The molecule has 31 heavy (non-hydrogen) atoms. The van der Waals surface area contributed by atoms with E-state index >= 15 is 0 Å². The second-order valence-corrected chi connectivity index (χ2v) is 10.5. The summed E-state index contributed by atoms with van der Waals surface area (Å²) in [6.07, 6.45) is 1.31. The van der Waals surface area contributed by atoms with Crippen LogP contribution in [0, 0.1) is 6.92 Å². The molecule has 1 amide bonds. The number of aromatic nitrogens is 2. The van der Waals surface area contributed by atoms with Crippen molar-refractivity contribution in [3.05, 3.63) is 58.1 Å². The summed E-state index contributed by atoms with van der Waals surface area (Å²) in [5.74, 6) is -0.508. The number of hydrogen-bond acceptors (Lipinski definition) is 6. The van der Waals surface area contributed by atoms with E-state index in [4.69, 9.17) is 23.2 Å². The fraction of sp³-hybridized carbons (Fsp3) is 0.250. The van der Waals surface area contributed by atoms with Gasteiger partial charge >= 0.3 is 0 Å². The smallest absolute Gasteiger partial charge is 0.250 e. The van der Waals surface area contributed by atoms with E-state index in [1.165, 1.54) is 17.4 Å². The molecule has 0 aliphatic carbocycles. The Balaban J connectivity index is 1.89. The van der Waals surface area contributed by atoms with Crippen LogP contribution in [0.5, 0.6) is 0 Å². The second kappa shape index (κ2) is 9.52. The van der Waals surface area contributed by atoms with Gasteiger partial charge in [0, 0.05) is 15.6 Å². The average molecular weight is 499 g/mol. The highest BCUT2D eigenvalue weighted by atomic mass is 35.5. The van der Waals surface area contributed by atoms with Crippen molar-refractivity contribution in [1.82, 2.24) is 10.2 Å². The Kier molecular flexibility index (Phi) is 7.20. The van der Waals surface area contributed by atoms with Crippen LogP contribution < -0.4 is 9.62 Å². The van der Waals surface area contributed by atoms with Crippen molar-refractivity contribution in [3.63, 3.8) is 0 Å². The van der Waals surface area contributed by atoms with Gasteiger partial charge in [-0.1, -0.05) is 59.7 Å². The summed E-state index contributed by atoms with van der Waals surface area (Å²) >= 11 is 13.2. The molecule has 0 radical (unpaired) electrons. The van der Waals surface area contributed by atoms with Gasteiger partial charge in [-0.05, 0) is 43.2 Å². The van der Waals surface area contributed by atoms with Crippen LogP contribution in [0.3, 0.4) is 0 Å². The molecule has 0 bridgehead atoms. The quantitative estimate of drug-likeness (QED) is 0.494. The number of benzene rings is 2. The van der Waals surface area contributed by atoms with Crippen molar-refractivity contribution in [3.8, 4) is 10.6 Å². The van der Waals surface area contributed by atoms with Crippen LogP contribution in [0.1, 0.15) is 18.9 Å². The number of sulfonamides is 1. The SMILES string of the molecule is CCC(C(=O)Nc1nnc(-c2ccc(Cl)cc2)s1)N(c1cc(Cl)ccc1C)S(C)(=O)=O. The van der Waals surface area contributed by atoms with Gasteiger partial charge in [0.2, 0.25) is 21.1 Å². The molecule has 1 atom stereocenters. The first-order chi connectivity index (χ1) is 14.6. The lowest BCUT2D eigenvalue weighted by Crippen LogP contribution is -2.47. The number of carbonyl (C=O) groups is 1. The van der Waals surface area contributed by atoms with E-state index in [0.717, 1.165) is 16.1 Å². The van der Waals surface area contributed by atoms with Gasteiger partial charge in [-0.3, -0.25) is 14.4 Å². The monoisotopic (exact) mass is 498 g/mol. The molecule has 1 unspecified atom stereocenters. The summed E-state index contributed by atoms with van der Waals surface area (Å²) in [7, 11) is -3.78. The van der Waals surface area contributed by atoms with E-state index in [2.05, 4.69) is 15.5 Å². The molecule has 0 fully saturated rings. The number of nitrogens with zero attached hydrogens (tertiary/aromatic N) is 3. The number of rotatable bonds is 7. The van der Waals surface area contributed by atoms with Gasteiger partial charge in [-0.15, -0.1) is 10.2 Å². The number of amides is 1. The van der Waals surface area contributed by atoms with E-state index in [9.17, 15) is 13.2 Å². The molecule has 1 heterocycles. The first-order valence-electron chi connectivity index (χ1n) is 9.26. The standard InChI is InChI=1S/C20H20Cl2N4O3S2/c1-4-16(26(31(3,28)29)17-11-15(22)8-5-12(17)2)18(27)23-20-25-24-19(30-20)13-6-9-14(21)10-7-13/h5-11,16H,4H2,1-3H3,(H,23,25,27). The highest BCUT2D eigenvalue weighted by molar-refractivity contribution is 7.92. The van der Waals surface area contributed by atoms with E-state index in [0.29, 0.717) is 26.3 Å². The van der Waals surface area contributed by atoms with Gasteiger partial charge in [0.05, 0.1) is 11.9 Å². The zero-order chi connectivity index (χ0) is 22.8. The molecule has 0 aliphatic rings. The zero-order valence-corrected chi connectivity index (χ0v) is 20.1. The molecule has 0 saturated carbocycles. The van der Waals surface area contributed by atoms with Crippen LogP contribution in [0.15, 0.2) is 42.5 Å². The maximum atomic E-state index is 13.1. The minimum atomic E-state index is -3.78. The van der Waals surface area contributed by atoms with Gasteiger partial charge in [0.15, 0.2) is 0 Å². The van der Waals surface area contributed by atoms with Crippen molar-refractivity contribution in [2.24, 2.45) is 0 Å².